The van der Waals surface area contributed by atoms with E-state index in [4.69, 9.17) is 5.11 Å². The smallest absolute Gasteiger partial charge is 0.263 e. The number of aliphatic hydroxyl groups excluding tert-OH is 1. The fraction of sp³-hybridized carbons (Fsp3) is 0.304. The van der Waals surface area contributed by atoms with Crippen molar-refractivity contribution < 1.29 is 18.3 Å². The molecule has 0 aliphatic carbocycles. The molecular formula is C23H24F3N7O. The minimum atomic E-state index is -2.54. The number of hydrogen-bond donors (Lipinski definition) is 2. The van der Waals surface area contributed by atoms with Crippen LogP contribution < -0.4 is 10.3 Å². The second-order valence-electron chi connectivity index (χ2n) is 7.68. The van der Waals surface area contributed by atoms with Crippen molar-refractivity contribution in [2.45, 2.75) is 6.43 Å². The number of aromatic nitrogens is 3. The molecule has 2 aromatic heterocycles. The van der Waals surface area contributed by atoms with Crippen LogP contribution in [0.15, 0.2) is 53.9 Å². The molecule has 178 valence electrons. The standard InChI is InChI=1S/C23H24F3N7O/c24-20-15-28-23(30-22(20)33-8-6-32(7-9-33)10-11-34)31-29-14-19-13-17(4-5-27-19)16-2-1-3-18(12-16)21(25)26/h1-5,12-15,21,34H,6-11H2,(H,28,30,31)/b29-14+. The van der Waals surface area contributed by atoms with Gasteiger partial charge in [-0.15, -0.1) is 0 Å². The maximum Gasteiger partial charge on any atom is 0.263 e. The monoisotopic (exact) mass is 471 g/mol. The van der Waals surface area contributed by atoms with Crippen LogP contribution in [-0.2, 0) is 0 Å². The minimum Gasteiger partial charge on any atom is -0.395 e. The van der Waals surface area contributed by atoms with Crippen molar-refractivity contribution in [3.8, 4) is 11.1 Å². The van der Waals surface area contributed by atoms with Crippen LogP contribution in [-0.4, -0.2) is 70.5 Å². The Kier molecular flexibility index (Phi) is 7.65. The second-order valence-corrected chi connectivity index (χ2v) is 7.68. The number of nitrogens with zero attached hydrogens (tertiary/aromatic N) is 6. The van der Waals surface area contributed by atoms with Crippen molar-refractivity contribution in [2.24, 2.45) is 5.10 Å². The predicted octanol–water partition coefficient (Wildman–Crippen LogP) is 3.18. The minimum absolute atomic E-state index is 0.0507. The molecule has 3 aromatic rings. The number of halogens is 3. The van der Waals surface area contributed by atoms with E-state index in [0.29, 0.717) is 44.0 Å². The van der Waals surface area contributed by atoms with E-state index in [-0.39, 0.29) is 23.9 Å². The van der Waals surface area contributed by atoms with Crippen LogP contribution >= 0.6 is 0 Å². The largest absolute Gasteiger partial charge is 0.395 e. The highest BCUT2D eigenvalue weighted by Gasteiger charge is 2.21. The Morgan fingerprint density at radius 2 is 1.88 bits per heavy atom. The van der Waals surface area contributed by atoms with Crippen LogP contribution in [0.4, 0.5) is 24.9 Å². The fourth-order valence-corrected chi connectivity index (χ4v) is 3.67. The van der Waals surface area contributed by atoms with Gasteiger partial charge >= 0.3 is 0 Å². The van der Waals surface area contributed by atoms with Gasteiger partial charge in [-0.3, -0.25) is 9.88 Å². The summed E-state index contributed by atoms with van der Waals surface area (Å²) in [6.45, 7) is 3.25. The van der Waals surface area contributed by atoms with Gasteiger partial charge in [0.25, 0.3) is 6.43 Å². The van der Waals surface area contributed by atoms with Gasteiger partial charge in [0.05, 0.1) is 24.7 Å². The Morgan fingerprint density at radius 1 is 1.09 bits per heavy atom. The summed E-state index contributed by atoms with van der Waals surface area (Å²) in [5, 5.41) is 13.1. The lowest BCUT2D eigenvalue weighted by molar-refractivity contribution is 0.151. The highest BCUT2D eigenvalue weighted by Crippen LogP contribution is 2.25. The van der Waals surface area contributed by atoms with E-state index < -0.39 is 12.2 Å². The molecule has 1 fully saturated rings. The first-order valence-corrected chi connectivity index (χ1v) is 10.8. The molecule has 0 saturated carbocycles. The van der Waals surface area contributed by atoms with E-state index >= 15 is 0 Å². The Labute approximate surface area is 194 Å². The van der Waals surface area contributed by atoms with Gasteiger partial charge in [-0.2, -0.15) is 10.1 Å². The van der Waals surface area contributed by atoms with Gasteiger partial charge in [0, 0.05) is 44.5 Å². The van der Waals surface area contributed by atoms with E-state index in [0.717, 1.165) is 11.8 Å². The van der Waals surface area contributed by atoms with Gasteiger partial charge in [0.1, 0.15) is 0 Å². The summed E-state index contributed by atoms with van der Waals surface area (Å²) in [4.78, 5) is 16.3. The third-order valence-electron chi connectivity index (χ3n) is 5.43. The van der Waals surface area contributed by atoms with Crippen molar-refractivity contribution in [3.63, 3.8) is 0 Å². The number of rotatable bonds is 8. The molecule has 8 nitrogen and oxygen atoms in total. The molecule has 0 unspecified atom stereocenters. The number of pyridine rings is 1. The van der Waals surface area contributed by atoms with Crippen molar-refractivity contribution >= 4 is 18.0 Å². The molecule has 11 heteroatoms. The highest BCUT2D eigenvalue weighted by molar-refractivity contribution is 5.80. The maximum atomic E-state index is 14.3. The number of benzene rings is 1. The Morgan fingerprint density at radius 3 is 2.65 bits per heavy atom. The summed E-state index contributed by atoms with van der Waals surface area (Å²) in [6, 6.07) is 9.61. The highest BCUT2D eigenvalue weighted by atomic mass is 19.3. The molecule has 1 aliphatic heterocycles. The van der Waals surface area contributed by atoms with Crippen LogP contribution in [0.1, 0.15) is 17.7 Å². The normalized spacial score (nSPS) is 14.8. The molecule has 0 bridgehead atoms. The lowest BCUT2D eigenvalue weighted by atomic mass is 10.0. The SMILES string of the molecule is OCCN1CCN(c2nc(N/N=C/c3cc(-c4cccc(C(F)F)c4)ccn3)ncc2F)CC1. The molecule has 3 heterocycles. The number of alkyl halides is 2. The summed E-state index contributed by atoms with van der Waals surface area (Å²) in [7, 11) is 0. The quantitative estimate of drug-likeness (QED) is 0.385. The Balaban J connectivity index is 1.43. The molecule has 0 spiro atoms. The summed E-state index contributed by atoms with van der Waals surface area (Å²) in [5.74, 6) is -0.202. The number of β-amino-alcohol motifs (C(OH)–C–C–N with tert-alkyl or cyclic N) is 1. The zero-order chi connectivity index (χ0) is 23.9. The zero-order valence-electron chi connectivity index (χ0n) is 18.3. The summed E-state index contributed by atoms with van der Waals surface area (Å²) >= 11 is 0. The molecule has 1 aliphatic rings. The van der Waals surface area contributed by atoms with E-state index in [1.54, 1.807) is 30.5 Å². The van der Waals surface area contributed by atoms with E-state index in [1.165, 1.54) is 18.3 Å². The van der Waals surface area contributed by atoms with Gasteiger partial charge < -0.3 is 10.0 Å². The van der Waals surface area contributed by atoms with Crippen LogP contribution in [0.5, 0.6) is 0 Å². The zero-order valence-corrected chi connectivity index (χ0v) is 18.3. The van der Waals surface area contributed by atoms with Crippen molar-refractivity contribution in [1.29, 1.82) is 0 Å². The number of hydrogen-bond acceptors (Lipinski definition) is 8. The molecule has 1 aromatic carbocycles. The van der Waals surface area contributed by atoms with E-state index in [1.807, 2.05) is 4.90 Å². The molecule has 0 atom stereocenters. The van der Waals surface area contributed by atoms with E-state index in [9.17, 15) is 13.2 Å². The first-order valence-electron chi connectivity index (χ1n) is 10.8. The average molecular weight is 471 g/mol. The second kappa shape index (κ2) is 11.0. The number of hydrazone groups is 1. The lowest BCUT2D eigenvalue weighted by Crippen LogP contribution is -2.47. The van der Waals surface area contributed by atoms with Gasteiger partial charge in [-0.25, -0.2) is 23.6 Å². The molecule has 4 rings (SSSR count). The van der Waals surface area contributed by atoms with Crippen molar-refractivity contribution in [1.82, 2.24) is 19.9 Å². The van der Waals surface area contributed by atoms with E-state index in [2.05, 4.69) is 30.4 Å². The molecule has 2 N–H and O–H groups in total. The first kappa shape index (κ1) is 23.6. The summed E-state index contributed by atoms with van der Waals surface area (Å²) in [5.41, 5.74) is 4.50. The molecule has 1 saturated heterocycles. The Hall–Kier alpha value is -3.57. The third kappa shape index (κ3) is 5.86. The molecule has 0 amide bonds. The maximum absolute atomic E-state index is 14.3. The number of aliphatic hydroxyl groups is 1. The third-order valence-corrected chi connectivity index (χ3v) is 5.43. The molecule has 34 heavy (non-hydrogen) atoms. The topological polar surface area (TPSA) is 89.8 Å². The summed E-state index contributed by atoms with van der Waals surface area (Å²) < 4.78 is 40.3. The van der Waals surface area contributed by atoms with Gasteiger partial charge in [-0.05, 0) is 29.3 Å². The number of piperazine rings is 1. The average Bonchev–Trinajstić information content (AvgIpc) is 2.86. The van der Waals surface area contributed by atoms with Gasteiger partial charge in [0.2, 0.25) is 5.95 Å². The molecular weight excluding hydrogens is 447 g/mol. The van der Waals surface area contributed by atoms with Crippen molar-refractivity contribution in [3.05, 3.63) is 65.9 Å². The van der Waals surface area contributed by atoms with Crippen LogP contribution in [0.2, 0.25) is 0 Å². The van der Waals surface area contributed by atoms with Gasteiger partial charge in [0.15, 0.2) is 11.6 Å². The fourth-order valence-electron chi connectivity index (χ4n) is 3.67. The summed E-state index contributed by atoms with van der Waals surface area (Å²) in [6.07, 6.45) is 1.56. The van der Waals surface area contributed by atoms with Crippen LogP contribution in [0, 0.1) is 5.82 Å². The van der Waals surface area contributed by atoms with Crippen molar-refractivity contribution in [2.75, 3.05) is 49.7 Å². The van der Waals surface area contributed by atoms with Gasteiger partial charge in [-0.1, -0.05) is 18.2 Å². The molecule has 0 radical (unpaired) electrons. The number of nitrogens with one attached hydrogen (secondary N) is 1. The first-order chi connectivity index (χ1) is 16.5. The number of anilines is 2. The predicted molar refractivity (Wildman–Crippen MR) is 124 cm³/mol. The van der Waals surface area contributed by atoms with Crippen LogP contribution in [0.25, 0.3) is 11.1 Å². The van der Waals surface area contributed by atoms with Crippen LogP contribution in [0.3, 0.4) is 0 Å². The Bertz CT molecular complexity index is 1140. The lowest BCUT2D eigenvalue weighted by Gasteiger charge is -2.35.